The van der Waals surface area contributed by atoms with Crippen LogP contribution in [0.2, 0.25) is 5.15 Å². The summed E-state index contributed by atoms with van der Waals surface area (Å²) < 4.78 is 27.6. The summed E-state index contributed by atoms with van der Waals surface area (Å²) in [4.78, 5) is 25.5. The van der Waals surface area contributed by atoms with Gasteiger partial charge in [0.2, 0.25) is 10.0 Å². The fraction of sp³-hybridized carbons (Fsp3) is 0.370. The van der Waals surface area contributed by atoms with E-state index >= 15 is 0 Å². The maximum Gasteiger partial charge on any atom is 0.271 e. The Bertz CT molecular complexity index is 1660. The molecule has 0 radical (unpaired) electrons. The van der Waals surface area contributed by atoms with Crippen LogP contribution in [0.25, 0.3) is 20.7 Å². The van der Waals surface area contributed by atoms with Crippen LogP contribution in [0.4, 0.5) is 0 Å². The molecule has 8 nitrogen and oxygen atoms in total. The van der Waals surface area contributed by atoms with Gasteiger partial charge in [-0.2, -0.15) is 4.31 Å². The predicted octanol–water partition coefficient (Wildman–Crippen LogP) is 3.98. The van der Waals surface area contributed by atoms with Crippen LogP contribution in [0.15, 0.2) is 53.7 Å². The molecule has 1 aliphatic carbocycles. The number of hydrogen-bond acceptors (Lipinski definition) is 7. The van der Waals surface area contributed by atoms with Crippen LogP contribution < -0.4 is 5.56 Å². The number of fused-ring (bicyclic) bond motifs is 2. The average Bonchev–Trinajstić information content (AvgIpc) is 3.34. The Hall–Kier alpha value is -2.63. The molecule has 4 heterocycles. The van der Waals surface area contributed by atoms with Gasteiger partial charge in [-0.3, -0.25) is 14.3 Å². The van der Waals surface area contributed by atoms with E-state index in [9.17, 15) is 13.2 Å². The van der Waals surface area contributed by atoms with Gasteiger partial charge < -0.3 is 0 Å². The number of aryl methyl sites for hydroxylation is 1. The second-order valence-electron chi connectivity index (χ2n) is 10.1. The first-order valence-electron chi connectivity index (χ1n) is 12.7. The van der Waals surface area contributed by atoms with E-state index in [4.69, 9.17) is 11.6 Å². The van der Waals surface area contributed by atoms with Gasteiger partial charge in [-0.05, 0) is 54.2 Å². The van der Waals surface area contributed by atoms with Gasteiger partial charge in [0.15, 0.2) is 0 Å². The van der Waals surface area contributed by atoms with Gasteiger partial charge in [0.05, 0.1) is 18.1 Å². The minimum atomic E-state index is -3.12. The molecule has 2 aliphatic rings. The van der Waals surface area contributed by atoms with Crippen molar-refractivity contribution >= 4 is 43.2 Å². The molecule has 0 unspecified atom stereocenters. The zero-order chi connectivity index (χ0) is 26.4. The molecular weight excluding hydrogens is 542 g/mol. The van der Waals surface area contributed by atoms with Crippen molar-refractivity contribution in [2.24, 2.45) is 0 Å². The number of nitrogens with zero attached hydrogens (tertiary/aromatic N) is 5. The Morgan fingerprint density at radius 2 is 1.87 bits per heavy atom. The third-order valence-electron chi connectivity index (χ3n) is 7.55. The van der Waals surface area contributed by atoms with E-state index in [2.05, 4.69) is 33.1 Å². The van der Waals surface area contributed by atoms with Gasteiger partial charge in [0.25, 0.3) is 5.56 Å². The number of sulfonamides is 1. The van der Waals surface area contributed by atoms with Crippen LogP contribution in [0.3, 0.4) is 0 Å². The smallest absolute Gasteiger partial charge is 0.271 e. The number of piperazine rings is 1. The Morgan fingerprint density at radius 3 is 2.61 bits per heavy atom. The Kier molecular flexibility index (Phi) is 6.86. The molecule has 0 N–H and O–H groups in total. The molecule has 0 saturated carbocycles. The first kappa shape index (κ1) is 25.6. The molecule has 1 aromatic carbocycles. The first-order chi connectivity index (χ1) is 18.2. The fourth-order valence-electron chi connectivity index (χ4n) is 5.45. The zero-order valence-corrected chi connectivity index (χ0v) is 23.4. The quantitative estimate of drug-likeness (QED) is 0.338. The first-order valence-corrected chi connectivity index (χ1v) is 15.7. The highest BCUT2D eigenvalue weighted by molar-refractivity contribution is 7.88. The maximum atomic E-state index is 13.4. The largest absolute Gasteiger partial charge is 0.296 e. The highest BCUT2D eigenvalue weighted by Crippen LogP contribution is 2.33. The fourth-order valence-corrected chi connectivity index (χ4v) is 7.43. The number of aromatic nitrogens is 3. The SMILES string of the molecule is CS(=O)(=O)N1CCN(Cc2ccc3c(c2)CC[C@H](n2cnc4cc(-c5ccc(Cl)nc5)sc4c2=O)C3)CC1. The van der Waals surface area contributed by atoms with Gasteiger partial charge in [-0.25, -0.2) is 18.4 Å². The summed E-state index contributed by atoms with van der Waals surface area (Å²) in [7, 11) is -3.12. The molecule has 11 heteroatoms. The molecule has 1 fully saturated rings. The van der Waals surface area contributed by atoms with Crippen molar-refractivity contribution in [2.75, 3.05) is 32.4 Å². The Balaban J connectivity index is 1.17. The number of halogens is 1. The number of pyridine rings is 1. The van der Waals surface area contributed by atoms with Crippen LogP contribution in [0, 0.1) is 0 Å². The van der Waals surface area contributed by atoms with E-state index in [-0.39, 0.29) is 11.6 Å². The van der Waals surface area contributed by atoms with Gasteiger partial charge in [-0.15, -0.1) is 11.3 Å². The van der Waals surface area contributed by atoms with Gasteiger partial charge in [0, 0.05) is 55.4 Å². The second kappa shape index (κ2) is 10.2. The molecule has 0 spiro atoms. The molecule has 6 rings (SSSR count). The van der Waals surface area contributed by atoms with Gasteiger partial charge >= 0.3 is 0 Å². The molecular formula is C27H28ClN5O3S2. The van der Waals surface area contributed by atoms with Crippen molar-refractivity contribution in [3.8, 4) is 10.4 Å². The van der Waals surface area contributed by atoms with E-state index in [0.717, 1.165) is 49.3 Å². The van der Waals surface area contributed by atoms with Crippen molar-refractivity contribution in [1.82, 2.24) is 23.7 Å². The topological polar surface area (TPSA) is 88.4 Å². The standard InChI is InChI=1S/C27H28ClN5O3S2/c1-38(35,36)32-10-8-31(9-11-32)16-18-2-3-20-13-22(6-4-19(20)12-18)33-17-30-23-14-24(37-26(23)27(33)34)21-5-7-25(28)29-15-21/h2-3,5,7,12,14-15,17,22H,4,6,8-11,13,16H2,1H3/t22-/m0/s1. The molecule has 0 bridgehead atoms. The third kappa shape index (κ3) is 5.15. The van der Waals surface area contributed by atoms with E-state index in [0.29, 0.717) is 28.5 Å². The normalized spacial score (nSPS) is 19.1. The van der Waals surface area contributed by atoms with Crippen molar-refractivity contribution in [3.05, 3.63) is 81.1 Å². The van der Waals surface area contributed by atoms with E-state index in [1.165, 1.54) is 34.3 Å². The summed E-state index contributed by atoms with van der Waals surface area (Å²) in [5.74, 6) is 0. The summed E-state index contributed by atoms with van der Waals surface area (Å²) in [5.41, 5.74) is 5.49. The minimum Gasteiger partial charge on any atom is -0.296 e. The number of rotatable bonds is 5. The van der Waals surface area contributed by atoms with Crippen molar-refractivity contribution < 1.29 is 8.42 Å². The predicted molar refractivity (Wildman–Crippen MR) is 151 cm³/mol. The van der Waals surface area contributed by atoms with Gasteiger partial charge in [-0.1, -0.05) is 29.8 Å². The molecule has 198 valence electrons. The van der Waals surface area contributed by atoms with Crippen LogP contribution in [-0.2, 0) is 29.4 Å². The molecule has 0 amide bonds. The summed E-state index contributed by atoms with van der Waals surface area (Å²) in [6.45, 7) is 3.38. The summed E-state index contributed by atoms with van der Waals surface area (Å²) >= 11 is 7.37. The van der Waals surface area contributed by atoms with Crippen molar-refractivity contribution in [3.63, 3.8) is 0 Å². The summed E-state index contributed by atoms with van der Waals surface area (Å²) in [5, 5.41) is 0.437. The highest BCUT2D eigenvalue weighted by Gasteiger charge is 2.25. The highest BCUT2D eigenvalue weighted by atomic mass is 35.5. The van der Waals surface area contributed by atoms with E-state index in [1.807, 2.05) is 12.1 Å². The minimum absolute atomic E-state index is 0.00600. The lowest BCUT2D eigenvalue weighted by atomic mass is 9.87. The molecule has 38 heavy (non-hydrogen) atoms. The zero-order valence-electron chi connectivity index (χ0n) is 21.0. The molecule has 3 aromatic heterocycles. The lowest BCUT2D eigenvalue weighted by Crippen LogP contribution is -2.47. The van der Waals surface area contributed by atoms with Gasteiger partial charge in [0.1, 0.15) is 9.85 Å². The molecule has 4 aromatic rings. The van der Waals surface area contributed by atoms with Crippen LogP contribution in [0.5, 0.6) is 0 Å². The summed E-state index contributed by atoms with van der Waals surface area (Å²) in [6, 6.07) is 12.3. The molecule has 1 aliphatic heterocycles. The van der Waals surface area contributed by atoms with Crippen molar-refractivity contribution in [1.29, 1.82) is 0 Å². The Morgan fingerprint density at radius 1 is 1.05 bits per heavy atom. The van der Waals surface area contributed by atoms with Crippen molar-refractivity contribution in [2.45, 2.75) is 31.8 Å². The Labute approximate surface area is 230 Å². The monoisotopic (exact) mass is 569 g/mol. The lowest BCUT2D eigenvalue weighted by Gasteiger charge is -2.33. The second-order valence-corrected chi connectivity index (χ2v) is 13.5. The van der Waals surface area contributed by atoms with Crippen LogP contribution in [-0.4, -0.2) is 64.6 Å². The third-order valence-corrected chi connectivity index (χ3v) is 10.2. The molecule has 1 atom stereocenters. The van der Waals surface area contributed by atoms with E-state index < -0.39 is 10.0 Å². The molecule has 1 saturated heterocycles. The lowest BCUT2D eigenvalue weighted by molar-refractivity contribution is 0.182. The number of benzene rings is 1. The summed E-state index contributed by atoms with van der Waals surface area (Å²) in [6.07, 6.45) is 7.28. The van der Waals surface area contributed by atoms with E-state index in [1.54, 1.807) is 27.5 Å². The number of thiophene rings is 1. The van der Waals surface area contributed by atoms with Crippen LogP contribution >= 0.6 is 22.9 Å². The van der Waals surface area contributed by atoms with Crippen LogP contribution in [0.1, 0.15) is 29.2 Å². The number of hydrogen-bond donors (Lipinski definition) is 0. The maximum absolute atomic E-state index is 13.4. The average molecular weight is 570 g/mol.